The predicted molar refractivity (Wildman–Crippen MR) is 129 cm³/mol. The molecule has 0 spiro atoms. The van der Waals surface area contributed by atoms with E-state index < -0.39 is 0 Å². The lowest BCUT2D eigenvalue weighted by atomic mass is 9.46. The third-order valence-corrected chi connectivity index (χ3v) is 10.6. The second kappa shape index (κ2) is 7.65. The molecule has 0 unspecified atom stereocenters. The summed E-state index contributed by atoms with van der Waals surface area (Å²) < 4.78 is 0. The van der Waals surface area contributed by atoms with Crippen LogP contribution in [0.5, 0.6) is 0 Å². The highest BCUT2D eigenvalue weighted by atomic mass is 35.5. The van der Waals surface area contributed by atoms with Gasteiger partial charge < -0.3 is 4.90 Å². The first-order valence-corrected chi connectivity index (χ1v) is 12.8. The van der Waals surface area contributed by atoms with Crippen molar-refractivity contribution in [3.8, 4) is 0 Å². The molecule has 7 atom stereocenters. The van der Waals surface area contributed by atoms with Gasteiger partial charge in [-0.05, 0) is 104 Å². The van der Waals surface area contributed by atoms with Crippen molar-refractivity contribution in [1.82, 2.24) is 4.90 Å². The van der Waals surface area contributed by atoms with E-state index in [9.17, 15) is 4.79 Å². The Labute approximate surface area is 193 Å². The minimum absolute atomic E-state index is 0.319. The van der Waals surface area contributed by atoms with Gasteiger partial charge in [-0.15, -0.1) is 0 Å². The molecule has 31 heavy (non-hydrogen) atoms. The Hall–Kier alpha value is -1.28. The van der Waals surface area contributed by atoms with Gasteiger partial charge in [0.1, 0.15) is 0 Å². The number of halogens is 1. The summed E-state index contributed by atoms with van der Waals surface area (Å²) in [4.78, 5) is 14.5. The van der Waals surface area contributed by atoms with Crippen molar-refractivity contribution in [3.63, 3.8) is 0 Å². The van der Waals surface area contributed by atoms with Crippen LogP contribution in [0.2, 0.25) is 5.02 Å². The Morgan fingerprint density at radius 2 is 1.71 bits per heavy atom. The smallest absolute Gasteiger partial charge is 0.222 e. The molecule has 0 radical (unpaired) electrons. The number of benzene rings is 1. The molecule has 0 N–H and O–H groups in total. The second-order valence-corrected chi connectivity index (χ2v) is 12.0. The predicted octanol–water partition coefficient (Wildman–Crippen LogP) is 7.22. The molecule has 0 aromatic heterocycles. The summed E-state index contributed by atoms with van der Waals surface area (Å²) in [6, 6.07) is 8.73. The quantitative estimate of drug-likeness (QED) is 0.476. The van der Waals surface area contributed by atoms with Crippen molar-refractivity contribution in [2.75, 3.05) is 7.05 Å². The molecule has 3 heteroatoms. The molecule has 4 aliphatic rings. The normalized spacial score (nSPS) is 42.7. The largest absolute Gasteiger partial charge is 0.342 e. The monoisotopic (exact) mass is 439 g/mol. The van der Waals surface area contributed by atoms with Crippen LogP contribution in [0.3, 0.4) is 0 Å². The van der Waals surface area contributed by atoms with E-state index in [0.29, 0.717) is 28.7 Å². The van der Waals surface area contributed by atoms with Crippen LogP contribution < -0.4 is 0 Å². The van der Waals surface area contributed by atoms with Crippen molar-refractivity contribution >= 4 is 23.6 Å². The topological polar surface area (TPSA) is 20.3 Å². The molecule has 168 valence electrons. The highest BCUT2D eigenvalue weighted by molar-refractivity contribution is 6.30. The molecular formula is C28H38ClNO. The van der Waals surface area contributed by atoms with Gasteiger partial charge in [-0.1, -0.05) is 49.2 Å². The van der Waals surface area contributed by atoms with Crippen LogP contribution in [0.15, 0.2) is 29.8 Å². The Bertz CT molecular complexity index is 891. The first-order valence-electron chi connectivity index (χ1n) is 12.4. The molecule has 3 saturated carbocycles. The number of carbonyl (C=O) groups excluding carboxylic acids is 1. The zero-order valence-electron chi connectivity index (χ0n) is 19.7. The van der Waals surface area contributed by atoms with Gasteiger partial charge in [0.05, 0.1) is 0 Å². The van der Waals surface area contributed by atoms with E-state index in [-0.39, 0.29) is 0 Å². The lowest BCUT2D eigenvalue weighted by Crippen LogP contribution is -2.61. The number of hydrogen-bond acceptors (Lipinski definition) is 1. The van der Waals surface area contributed by atoms with E-state index in [2.05, 4.69) is 50.9 Å². The van der Waals surface area contributed by atoms with Gasteiger partial charge >= 0.3 is 0 Å². The molecule has 1 aromatic carbocycles. The third kappa shape index (κ3) is 3.31. The van der Waals surface area contributed by atoms with Crippen LogP contribution in [-0.2, 0) is 4.79 Å². The number of amides is 1. The average Bonchev–Trinajstić information content (AvgIpc) is 3.10. The van der Waals surface area contributed by atoms with Crippen LogP contribution in [0, 0.1) is 34.5 Å². The maximum absolute atomic E-state index is 12.4. The van der Waals surface area contributed by atoms with Gasteiger partial charge in [-0.2, -0.15) is 0 Å². The molecule has 1 aliphatic heterocycles. The number of rotatable bonds is 2. The molecule has 1 saturated heterocycles. The second-order valence-electron chi connectivity index (χ2n) is 11.6. The summed E-state index contributed by atoms with van der Waals surface area (Å²) >= 11 is 6.09. The summed E-state index contributed by atoms with van der Waals surface area (Å²) in [6.07, 6.45) is 12.2. The maximum Gasteiger partial charge on any atom is 0.222 e. The summed E-state index contributed by atoms with van der Waals surface area (Å²) in [5, 5.41) is 0.806. The average molecular weight is 440 g/mol. The van der Waals surface area contributed by atoms with Gasteiger partial charge in [0.2, 0.25) is 5.91 Å². The number of likely N-dealkylation sites (tertiary alicyclic amines) is 1. The minimum Gasteiger partial charge on any atom is -0.342 e. The Kier molecular flexibility index (Phi) is 5.32. The molecule has 5 rings (SSSR count). The fourth-order valence-electron chi connectivity index (χ4n) is 8.82. The van der Waals surface area contributed by atoms with E-state index in [1.165, 1.54) is 44.1 Å². The third-order valence-electron chi connectivity index (χ3n) is 10.4. The molecular weight excluding hydrogens is 402 g/mol. The maximum atomic E-state index is 12.4. The van der Waals surface area contributed by atoms with Gasteiger partial charge in [0.15, 0.2) is 0 Å². The van der Waals surface area contributed by atoms with Gasteiger partial charge in [0.25, 0.3) is 0 Å². The van der Waals surface area contributed by atoms with Crippen LogP contribution in [0.25, 0.3) is 6.08 Å². The molecule has 4 fully saturated rings. The lowest BCUT2D eigenvalue weighted by molar-refractivity contribution is -0.157. The zero-order valence-corrected chi connectivity index (χ0v) is 20.4. The van der Waals surface area contributed by atoms with Crippen molar-refractivity contribution in [2.45, 2.75) is 78.2 Å². The summed E-state index contributed by atoms with van der Waals surface area (Å²) in [5.74, 6) is 3.53. The number of piperidine rings is 1. The van der Waals surface area contributed by atoms with Crippen molar-refractivity contribution in [1.29, 1.82) is 0 Å². The number of fused-ring (bicyclic) bond motifs is 5. The number of carbonyl (C=O) groups is 1. The van der Waals surface area contributed by atoms with E-state index in [1.807, 2.05) is 12.1 Å². The van der Waals surface area contributed by atoms with E-state index >= 15 is 0 Å². The van der Waals surface area contributed by atoms with Gasteiger partial charge in [0, 0.05) is 24.5 Å². The van der Waals surface area contributed by atoms with Crippen molar-refractivity contribution in [2.24, 2.45) is 34.5 Å². The van der Waals surface area contributed by atoms with Crippen molar-refractivity contribution < 1.29 is 4.79 Å². The summed E-state index contributed by atoms with van der Waals surface area (Å²) in [7, 11) is 2.06. The van der Waals surface area contributed by atoms with Gasteiger partial charge in [-0.3, -0.25) is 4.79 Å². The first kappa shape index (κ1) is 21.6. The van der Waals surface area contributed by atoms with E-state index in [4.69, 9.17) is 11.6 Å². The Morgan fingerprint density at radius 3 is 2.45 bits per heavy atom. The van der Waals surface area contributed by atoms with Gasteiger partial charge in [-0.25, -0.2) is 0 Å². The zero-order chi connectivity index (χ0) is 22.0. The SMILES string of the molecule is CC(=Cc1ccc(Cl)cc1)[C@H]1CC[C@H]2[C@@H]3CC[C@H]4N(C)C(=O)CC[C@]4(C)[C@H]3CC[C@]12C. The Balaban J connectivity index is 1.39. The Morgan fingerprint density at radius 1 is 1.00 bits per heavy atom. The molecule has 1 aromatic rings. The standard InChI is InChI=1S/C28H38ClNO/c1-18(17-19-5-7-20(29)8-6-19)22-10-11-23-21-9-12-25-28(3,16-14-26(31)30(25)4)24(21)13-15-27(22,23)2/h5-8,17,21-25H,9-16H2,1-4H3/t21-,22+,23-,24-,25+,27+,28+/m0/s1. The molecule has 1 heterocycles. The number of allylic oxidation sites excluding steroid dienone is 1. The molecule has 1 amide bonds. The number of hydrogen-bond donors (Lipinski definition) is 0. The number of nitrogens with zero attached hydrogens (tertiary/aromatic N) is 1. The van der Waals surface area contributed by atoms with E-state index in [1.54, 1.807) is 5.57 Å². The first-order chi connectivity index (χ1) is 14.7. The van der Waals surface area contributed by atoms with Crippen LogP contribution in [-0.4, -0.2) is 23.9 Å². The van der Waals surface area contributed by atoms with Crippen molar-refractivity contribution in [3.05, 3.63) is 40.4 Å². The fraction of sp³-hybridized carbons (Fsp3) is 0.679. The summed E-state index contributed by atoms with van der Waals surface area (Å²) in [6.45, 7) is 7.49. The van der Waals surface area contributed by atoms with Crippen LogP contribution >= 0.6 is 11.6 Å². The van der Waals surface area contributed by atoms with Crippen LogP contribution in [0.4, 0.5) is 0 Å². The van der Waals surface area contributed by atoms with E-state index in [0.717, 1.165) is 35.6 Å². The molecule has 3 aliphatic carbocycles. The van der Waals surface area contributed by atoms with Crippen LogP contribution in [0.1, 0.15) is 77.7 Å². The minimum atomic E-state index is 0.319. The lowest BCUT2D eigenvalue weighted by Gasteiger charge is -2.62. The molecule has 0 bridgehead atoms. The summed E-state index contributed by atoms with van der Waals surface area (Å²) in [5.41, 5.74) is 3.56. The highest BCUT2D eigenvalue weighted by Gasteiger charge is 2.61. The molecule has 2 nitrogen and oxygen atoms in total. The fourth-order valence-corrected chi connectivity index (χ4v) is 8.95. The highest BCUT2D eigenvalue weighted by Crippen LogP contribution is 2.67.